The molecule has 1 aliphatic carbocycles. The number of aliphatic carboxylic acids is 1. The lowest BCUT2D eigenvalue weighted by Crippen LogP contribution is -2.55. The molecule has 2 rings (SSSR count). The molecule has 1 heterocycles. The van der Waals surface area contributed by atoms with Crippen molar-refractivity contribution in [2.75, 3.05) is 12.8 Å². The summed E-state index contributed by atoms with van der Waals surface area (Å²) < 4.78 is 0. The maximum absolute atomic E-state index is 12.4. The van der Waals surface area contributed by atoms with Gasteiger partial charge in [0.25, 0.3) is 0 Å². The molecule has 5 nitrogen and oxygen atoms in total. The summed E-state index contributed by atoms with van der Waals surface area (Å²) in [7, 11) is 0. The van der Waals surface area contributed by atoms with Crippen LogP contribution in [0, 0.1) is 0 Å². The fourth-order valence-corrected chi connectivity index (χ4v) is 4.15. The summed E-state index contributed by atoms with van der Waals surface area (Å²) in [6.07, 6.45) is 8.93. The van der Waals surface area contributed by atoms with Gasteiger partial charge in [0.05, 0.1) is 0 Å². The van der Waals surface area contributed by atoms with Crippen molar-refractivity contribution < 1.29 is 14.7 Å². The van der Waals surface area contributed by atoms with E-state index in [1.54, 1.807) is 11.8 Å². The molecule has 1 aliphatic heterocycles. The topological polar surface area (TPSA) is 69.6 Å². The van der Waals surface area contributed by atoms with Gasteiger partial charge < -0.3 is 15.3 Å². The maximum Gasteiger partial charge on any atom is 0.326 e. The summed E-state index contributed by atoms with van der Waals surface area (Å²) in [5.74, 6) is -0.884. The zero-order valence-electron chi connectivity index (χ0n) is 12.0. The second kappa shape index (κ2) is 7.20. The van der Waals surface area contributed by atoms with Crippen LogP contribution in [0.15, 0.2) is 0 Å². The van der Waals surface area contributed by atoms with E-state index in [0.717, 1.165) is 32.1 Å². The average molecular weight is 300 g/mol. The number of carboxylic acid groups (broad SMARTS) is 1. The molecule has 1 saturated heterocycles. The molecule has 0 aromatic carbocycles. The summed E-state index contributed by atoms with van der Waals surface area (Å²) in [6, 6.07) is -0.661. The Labute approximate surface area is 124 Å². The summed E-state index contributed by atoms with van der Waals surface area (Å²) >= 11 is 1.80. The molecule has 0 aromatic heterocycles. The van der Waals surface area contributed by atoms with Crippen LogP contribution in [-0.4, -0.2) is 52.1 Å². The molecule has 2 amide bonds. The number of carbonyl (C=O) groups is 2. The van der Waals surface area contributed by atoms with E-state index in [4.69, 9.17) is 0 Å². The molecule has 0 radical (unpaired) electrons. The third-order valence-electron chi connectivity index (χ3n) is 4.36. The molecule has 6 heteroatoms. The van der Waals surface area contributed by atoms with E-state index >= 15 is 0 Å². The van der Waals surface area contributed by atoms with Crippen LogP contribution < -0.4 is 5.32 Å². The Hall–Kier alpha value is -0.910. The van der Waals surface area contributed by atoms with Crippen LogP contribution in [0.2, 0.25) is 0 Å². The second-order valence-electron chi connectivity index (χ2n) is 5.66. The summed E-state index contributed by atoms with van der Waals surface area (Å²) in [5.41, 5.74) is 0. The van der Waals surface area contributed by atoms with E-state index in [1.165, 1.54) is 11.3 Å². The lowest BCUT2D eigenvalue weighted by atomic mass is 9.95. The second-order valence-corrected chi connectivity index (χ2v) is 6.73. The largest absolute Gasteiger partial charge is 0.480 e. The number of nitrogens with zero attached hydrogens (tertiary/aromatic N) is 1. The van der Waals surface area contributed by atoms with E-state index in [9.17, 15) is 14.7 Å². The number of piperidine rings is 1. The van der Waals surface area contributed by atoms with Crippen LogP contribution in [-0.2, 0) is 4.79 Å². The Kier molecular flexibility index (Phi) is 5.57. The van der Waals surface area contributed by atoms with Gasteiger partial charge >= 0.3 is 12.0 Å². The van der Waals surface area contributed by atoms with Gasteiger partial charge in [0.2, 0.25) is 0 Å². The van der Waals surface area contributed by atoms with Crippen molar-refractivity contribution in [3.05, 3.63) is 0 Å². The van der Waals surface area contributed by atoms with E-state index in [2.05, 4.69) is 11.6 Å². The lowest BCUT2D eigenvalue weighted by Gasteiger charge is -2.37. The minimum atomic E-state index is -0.884. The molecular weight excluding hydrogens is 276 g/mol. The molecule has 0 spiro atoms. The minimum Gasteiger partial charge on any atom is -0.480 e. The van der Waals surface area contributed by atoms with Crippen molar-refractivity contribution in [1.29, 1.82) is 0 Å². The highest BCUT2D eigenvalue weighted by Gasteiger charge is 2.34. The normalized spacial score (nSPS) is 30.9. The quantitative estimate of drug-likeness (QED) is 0.839. The monoisotopic (exact) mass is 300 g/mol. The molecule has 2 aliphatic rings. The number of rotatable bonds is 3. The number of carbonyl (C=O) groups excluding carboxylic acids is 1. The van der Waals surface area contributed by atoms with Crippen molar-refractivity contribution in [3.8, 4) is 0 Å². The maximum atomic E-state index is 12.4. The first kappa shape index (κ1) is 15.5. The van der Waals surface area contributed by atoms with Gasteiger partial charge in [-0.3, -0.25) is 0 Å². The first-order valence-electron chi connectivity index (χ1n) is 7.46. The highest BCUT2D eigenvalue weighted by Crippen LogP contribution is 2.27. The van der Waals surface area contributed by atoms with Gasteiger partial charge in [-0.25, -0.2) is 9.59 Å². The predicted molar refractivity (Wildman–Crippen MR) is 80.1 cm³/mol. The number of amides is 2. The Balaban J connectivity index is 1.96. The standard InChI is InChI=1S/C14H24N2O3S/c1-20-12-8-3-2-6-10(12)15-14(19)16-9-5-4-7-11(16)13(17)18/h10-12H,2-9H2,1H3,(H,15,19)(H,17,18). The molecule has 1 saturated carbocycles. The Morgan fingerprint density at radius 2 is 1.85 bits per heavy atom. The van der Waals surface area contributed by atoms with Gasteiger partial charge in [0.1, 0.15) is 6.04 Å². The third kappa shape index (κ3) is 3.59. The molecule has 114 valence electrons. The van der Waals surface area contributed by atoms with Gasteiger partial charge in [-0.15, -0.1) is 0 Å². The molecule has 3 atom stereocenters. The van der Waals surface area contributed by atoms with Crippen LogP contribution in [0.25, 0.3) is 0 Å². The SMILES string of the molecule is CSC1CCCCC1NC(=O)N1CCCCC1C(=O)O. The van der Waals surface area contributed by atoms with Gasteiger partial charge in [-0.05, 0) is 38.4 Å². The van der Waals surface area contributed by atoms with Crippen LogP contribution in [0.5, 0.6) is 0 Å². The fourth-order valence-electron chi connectivity index (χ4n) is 3.22. The van der Waals surface area contributed by atoms with E-state index in [0.29, 0.717) is 18.2 Å². The number of likely N-dealkylation sites (tertiary alicyclic amines) is 1. The van der Waals surface area contributed by atoms with Gasteiger partial charge in [0.15, 0.2) is 0 Å². The van der Waals surface area contributed by atoms with Gasteiger partial charge in [-0.1, -0.05) is 12.8 Å². The molecule has 3 unspecified atom stereocenters. The zero-order valence-corrected chi connectivity index (χ0v) is 12.8. The minimum absolute atomic E-state index is 0.183. The lowest BCUT2D eigenvalue weighted by molar-refractivity contribution is -0.143. The summed E-state index contributed by atoms with van der Waals surface area (Å²) in [5, 5.41) is 12.8. The van der Waals surface area contributed by atoms with Crippen molar-refractivity contribution in [2.24, 2.45) is 0 Å². The smallest absolute Gasteiger partial charge is 0.326 e. The van der Waals surface area contributed by atoms with Gasteiger partial charge in [-0.2, -0.15) is 11.8 Å². The number of nitrogens with one attached hydrogen (secondary N) is 1. The highest BCUT2D eigenvalue weighted by atomic mass is 32.2. The number of thioether (sulfide) groups is 1. The fraction of sp³-hybridized carbons (Fsp3) is 0.857. The molecule has 0 bridgehead atoms. The molecule has 0 aromatic rings. The van der Waals surface area contributed by atoms with Crippen molar-refractivity contribution in [3.63, 3.8) is 0 Å². The summed E-state index contributed by atoms with van der Waals surface area (Å²) in [6.45, 7) is 0.555. The molecule has 2 fully saturated rings. The van der Waals surface area contributed by atoms with Crippen LogP contribution in [0.3, 0.4) is 0 Å². The van der Waals surface area contributed by atoms with Crippen LogP contribution in [0.1, 0.15) is 44.9 Å². The van der Waals surface area contributed by atoms with E-state index in [1.807, 2.05) is 0 Å². The number of carboxylic acids is 1. The average Bonchev–Trinajstić information content (AvgIpc) is 2.47. The van der Waals surface area contributed by atoms with Crippen LogP contribution in [0.4, 0.5) is 4.79 Å². The Morgan fingerprint density at radius 3 is 2.55 bits per heavy atom. The Bertz CT molecular complexity index is 364. The molecule has 2 N–H and O–H groups in total. The number of hydrogen-bond donors (Lipinski definition) is 2. The van der Waals surface area contributed by atoms with Crippen molar-refractivity contribution in [2.45, 2.75) is 62.3 Å². The highest BCUT2D eigenvalue weighted by molar-refractivity contribution is 7.99. The van der Waals surface area contributed by atoms with Crippen molar-refractivity contribution >= 4 is 23.8 Å². The summed E-state index contributed by atoms with van der Waals surface area (Å²) in [4.78, 5) is 25.2. The predicted octanol–water partition coefficient (Wildman–Crippen LogP) is 2.31. The first-order chi connectivity index (χ1) is 9.63. The van der Waals surface area contributed by atoms with Gasteiger partial charge in [0, 0.05) is 17.8 Å². The van der Waals surface area contributed by atoms with E-state index in [-0.39, 0.29) is 12.1 Å². The third-order valence-corrected chi connectivity index (χ3v) is 5.53. The Morgan fingerprint density at radius 1 is 1.15 bits per heavy atom. The number of urea groups is 1. The van der Waals surface area contributed by atoms with E-state index < -0.39 is 12.0 Å². The molecular formula is C14H24N2O3S. The number of hydrogen-bond acceptors (Lipinski definition) is 3. The molecule has 20 heavy (non-hydrogen) atoms. The zero-order chi connectivity index (χ0) is 14.5. The first-order valence-corrected chi connectivity index (χ1v) is 8.75. The van der Waals surface area contributed by atoms with Crippen LogP contribution >= 0.6 is 11.8 Å². The van der Waals surface area contributed by atoms with Crippen molar-refractivity contribution in [1.82, 2.24) is 10.2 Å².